The summed E-state index contributed by atoms with van der Waals surface area (Å²) in [6.07, 6.45) is -0.304. The van der Waals surface area contributed by atoms with E-state index in [2.05, 4.69) is 10.0 Å². The number of hydrogen-bond acceptors (Lipinski definition) is 5. The van der Waals surface area contributed by atoms with Crippen molar-refractivity contribution in [3.05, 3.63) is 58.6 Å². The molecule has 0 aliphatic heterocycles. The fourth-order valence-electron chi connectivity index (χ4n) is 2.42. The number of halogens is 3. The van der Waals surface area contributed by atoms with E-state index in [1.807, 2.05) is 0 Å². The first kappa shape index (κ1) is 24.5. The lowest BCUT2D eigenvalue weighted by Crippen LogP contribution is -2.31. The van der Waals surface area contributed by atoms with E-state index in [4.69, 9.17) is 21.4 Å². The Morgan fingerprint density at radius 1 is 1.06 bits per heavy atom. The summed E-state index contributed by atoms with van der Waals surface area (Å²) in [6.45, 7) is -0.961. The highest BCUT2D eigenvalue weighted by Gasteiger charge is 2.16. The Morgan fingerprint density at radius 3 is 2.26 bits per heavy atom. The first-order valence-corrected chi connectivity index (χ1v) is 10.8. The van der Waals surface area contributed by atoms with Crippen molar-refractivity contribution in [1.82, 2.24) is 10.0 Å². The van der Waals surface area contributed by atoms with Gasteiger partial charge < -0.3 is 15.2 Å². The van der Waals surface area contributed by atoms with Crippen molar-refractivity contribution in [2.45, 2.75) is 17.7 Å². The van der Waals surface area contributed by atoms with Crippen molar-refractivity contribution >= 4 is 33.5 Å². The van der Waals surface area contributed by atoms with E-state index in [1.165, 1.54) is 24.3 Å². The largest absolute Gasteiger partial charge is 0.481 e. The van der Waals surface area contributed by atoms with Gasteiger partial charge in [0.25, 0.3) is 5.91 Å². The first-order valence-electron chi connectivity index (χ1n) is 8.93. The Morgan fingerprint density at radius 2 is 1.68 bits per heavy atom. The lowest BCUT2D eigenvalue weighted by atomic mass is 10.1. The van der Waals surface area contributed by atoms with Gasteiger partial charge in [0.1, 0.15) is 0 Å². The zero-order valence-corrected chi connectivity index (χ0v) is 17.6. The second kappa shape index (κ2) is 11.0. The van der Waals surface area contributed by atoms with Gasteiger partial charge in [-0.1, -0.05) is 11.6 Å². The summed E-state index contributed by atoms with van der Waals surface area (Å²) in [5, 5.41) is 11.1. The van der Waals surface area contributed by atoms with Gasteiger partial charge in [-0.15, -0.1) is 0 Å². The Hall–Kier alpha value is -2.76. The minimum absolute atomic E-state index is 0.000333. The van der Waals surface area contributed by atoms with Gasteiger partial charge in [-0.05, 0) is 48.4 Å². The monoisotopic (exact) mass is 476 g/mol. The Kier molecular flexibility index (Phi) is 8.72. The van der Waals surface area contributed by atoms with Gasteiger partial charge in [-0.2, -0.15) is 0 Å². The third-order valence-electron chi connectivity index (χ3n) is 3.90. The minimum atomic E-state index is -3.81. The predicted molar refractivity (Wildman–Crippen MR) is 107 cm³/mol. The van der Waals surface area contributed by atoms with Crippen LogP contribution in [0.1, 0.15) is 12.0 Å². The van der Waals surface area contributed by atoms with E-state index >= 15 is 0 Å². The lowest BCUT2D eigenvalue weighted by molar-refractivity contribution is -0.137. The molecule has 0 fully saturated rings. The number of carbonyl (C=O) groups is 2. The summed E-state index contributed by atoms with van der Waals surface area (Å²) >= 11 is 5.72. The molecule has 0 spiro atoms. The lowest BCUT2D eigenvalue weighted by Gasteiger charge is -2.11. The van der Waals surface area contributed by atoms with Gasteiger partial charge in [-0.3, -0.25) is 9.59 Å². The van der Waals surface area contributed by atoms with Crippen molar-refractivity contribution in [2.24, 2.45) is 0 Å². The molecule has 3 N–H and O–H groups in total. The van der Waals surface area contributed by atoms with Crippen molar-refractivity contribution < 1.29 is 36.6 Å². The van der Waals surface area contributed by atoms with E-state index in [0.717, 1.165) is 12.1 Å². The van der Waals surface area contributed by atoms with Crippen LogP contribution in [-0.2, 0) is 26.0 Å². The maximum atomic E-state index is 14.2. The Bertz CT molecular complexity index is 1020. The fourth-order valence-corrected chi connectivity index (χ4v) is 3.58. The van der Waals surface area contributed by atoms with Crippen LogP contribution in [0.3, 0.4) is 0 Å². The summed E-state index contributed by atoms with van der Waals surface area (Å²) < 4.78 is 59.9. The predicted octanol–water partition coefficient (Wildman–Crippen LogP) is 2.11. The number of benzene rings is 2. The summed E-state index contributed by atoms with van der Waals surface area (Å²) in [5.41, 5.74) is 0.173. The maximum Gasteiger partial charge on any atom is 0.305 e. The smallest absolute Gasteiger partial charge is 0.305 e. The van der Waals surface area contributed by atoms with Crippen molar-refractivity contribution in [2.75, 3.05) is 19.7 Å². The average molecular weight is 477 g/mol. The van der Waals surface area contributed by atoms with Crippen LogP contribution in [0.15, 0.2) is 41.3 Å². The highest BCUT2D eigenvalue weighted by molar-refractivity contribution is 7.89. The zero-order valence-electron chi connectivity index (χ0n) is 16.0. The van der Waals surface area contributed by atoms with Crippen LogP contribution in [0.2, 0.25) is 5.02 Å². The summed E-state index contributed by atoms with van der Waals surface area (Å²) in [6, 6.07) is 7.44. The molecule has 2 aromatic rings. The molecule has 0 unspecified atom stereocenters. The number of amides is 1. The molecular formula is C19H19ClF2N2O6S. The Balaban J connectivity index is 1.90. The molecule has 0 saturated heterocycles. The number of rotatable bonds is 11. The van der Waals surface area contributed by atoms with E-state index < -0.39 is 45.9 Å². The number of aliphatic carboxylic acids is 1. The van der Waals surface area contributed by atoms with E-state index in [1.54, 1.807) is 0 Å². The second-order valence-corrected chi connectivity index (χ2v) is 8.48. The molecule has 2 rings (SSSR count). The minimum Gasteiger partial charge on any atom is -0.481 e. The SMILES string of the molecule is O=C(O)CCNC(=O)COc1c(F)cc(CCNS(=O)(=O)c2ccc(Cl)cc2)cc1F. The Labute approximate surface area is 182 Å². The van der Waals surface area contributed by atoms with Gasteiger partial charge in [0.15, 0.2) is 24.0 Å². The number of sulfonamides is 1. The molecule has 0 heterocycles. The molecule has 0 bridgehead atoms. The van der Waals surface area contributed by atoms with E-state index in [-0.39, 0.29) is 36.4 Å². The van der Waals surface area contributed by atoms with Crippen molar-refractivity contribution in [3.8, 4) is 5.75 Å². The number of carboxylic acids is 1. The zero-order chi connectivity index (χ0) is 23.0. The van der Waals surface area contributed by atoms with Crippen LogP contribution >= 0.6 is 11.6 Å². The van der Waals surface area contributed by atoms with E-state index in [0.29, 0.717) is 5.02 Å². The number of carboxylic acid groups (broad SMARTS) is 1. The molecule has 0 atom stereocenters. The second-order valence-electron chi connectivity index (χ2n) is 6.27. The van der Waals surface area contributed by atoms with E-state index in [9.17, 15) is 26.8 Å². The summed E-state index contributed by atoms with van der Waals surface area (Å²) in [5.74, 6) is -4.73. The normalized spacial score (nSPS) is 11.2. The number of carbonyl (C=O) groups excluding carboxylic acids is 1. The molecule has 0 aliphatic rings. The average Bonchev–Trinajstić information content (AvgIpc) is 2.67. The van der Waals surface area contributed by atoms with Crippen molar-refractivity contribution in [1.29, 1.82) is 0 Å². The van der Waals surface area contributed by atoms with Crippen LogP contribution in [0.5, 0.6) is 5.75 Å². The van der Waals surface area contributed by atoms with Gasteiger partial charge in [0.05, 0.1) is 11.3 Å². The van der Waals surface area contributed by atoms with Crippen LogP contribution in [0.4, 0.5) is 8.78 Å². The van der Waals surface area contributed by atoms with Gasteiger partial charge in [-0.25, -0.2) is 21.9 Å². The molecule has 1 amide bonds. The molecule has 12 heteroatoms. The molecule has 8 nitrogen and oxygen atoms in total. The quantitative estimate of drug-likeness (QED) is 0.456. The third kappa shape index (κ3) is 7.78. The number of nitrogens with one attached hydrogen (secondary N) is 2. The molecule has 0 radical (unpaired) electrons. The molecule has 168 valence electrons. The highest BCUT2D eigenvalue weighted by atomic mass is 35.5. The van der Waals surface area contributed by atoms with Gasteiger partial charge in [0, 0.05) is 18.1 Å². The van der Waals surface area contributed by atoms with Crippen LogP contribution in [0, 0.1) is 11.6 Å². The third-order valence-corrected chi connectivity index (χ3v) is 5.63. The fraction of sp³-hybridized carbons (Fsp3) is 0.263. The molecular weight excluding hydrogens is 458 g/mol. The molecule has 0 aliphatic carbocycles. The molecule has 31 heavy (non-hydrogen) atoms. The molecule has 0 saturated carbocycles. The van der Waals surface area contributed by atoms with Gasteiger partial charge in [0.2, 0.25) is 10.0 Å². The van der Waals surface area contributed by atoms with Crippen LogP contribution in [-0.4, -0.2) is 45.1 Å². The topological polar surface area (TPSA) is 122 Å². The van der Waals surface area contributed by atoms with Crippen LogP contribution < -0.4 is 14.8 Å². The maximum absolute atomic E-state index is 14.2. The summed E-state index contributed by atoms with van der Waals surface area (Å²) in [4.78, 5) is 21.9. The molecule has 2 aromatic carbocycles. The van der Waals surface area contributed by atoms with Crippen molar-refractivity contribution in [3.63, 3.8) is 0 Å². The standard InChI is InChI=1S/C19H19ClF2N2O6S/c20-13-1-3-14(4-2-13)31(28,29)24-8-5-12-9-15(21)19(16(22)10-12)30-11-17(25)23-7-6-18(26)27/h1-4,9-10,24H,5-8,11H2,(H,23,25)(H,26,27). The molecule has 0 aromatic heterocycles. The summed E-state index contributed by atoms with van der Waals surface area (Å²) in [7, 11) is -3.81. The first-order chi connectivity index (χ1) is 14.6. The van der Waals surface area contributed by atoms with Gasteiger partial charge >= 0.3 is 5.97 Å². The number of ether oxygens (including phenoxy) is 1. The number of hydrogen-bond donors (Lipinski definition) is 3. The highest BCUT2D eigenvalue weighted by Crippen LogP contribution is 2.23. The van der Waals surface area contributed by atoms with Crippen LogP contribution in [0.25, 0.3) is 0 Å².